The van der Waals surface area contributed by atoms with Gasteiger partial charge in [0.2, 0.25) is 5.88 Å². The van der Waals surface area contributed by atoms with Gasteiger partial charge in [-0.2, -0.15) is 0 Å². The molecule has 0 spiro atoms. The highest BCUT2D eigenvalue weighted by atomic mass is 19.1. The van der Waals surface area contributed by atoms with Crippen LogP contribution < -0.4 is 10.1 Å². The molecular weight excluding hydrogens is 231 g/mol. The van der Waals surface area contributed by atoms with Crippen LogP contribution in [0.15, 0.2) is 24.9 Å². The van der Waals surface area contributed by atoms with Crippen molar-refractivity contribution in [1.29, 1.82) is 0 Å². The number of halogens is 1. The van der Waals surface area contributed by atoms with E-state index in [-0.39, 0.29) is 5.82 Å². The molecule has 1 heterocycles. The average molecular weight is 252 g/mol. The van der Waals surface area contributed by atoms with E-state index in [4.69, 9.17) is 4.74 Å². The SMILES string of the molecule is C=CCCCOc1ncc(F)cc1CNC(C)C. The maximum absolute atomic E-state index is 13.2. The highest BCUT2D eigenvalue weighted by molar-refractivity contribution is 5.26. The molecule has 0 radical (unpaired) electrons. The van der Waals surface area contributed by atoms with Gasteiger partial charge in [0.1, 0.15) is 5.82 Å². The summed E-state index contributed by atoms with van der Waals surface area (Å²) in [7, 11) is 0. The first kappa shape index (κ1) is 14.6. The van der Waals surface area contributed by atoms with Gasteiger partial charge in [-0.1, -0.05) is 19.9 Å². The molecule has 0 unspecified atom stereocenters. The molecule has 0 fully saturated rings. The third kappa shape index (κ3) is 5.27. The number of unbranched alkanes of at least 4 members (excludes halogenated alkanes) is 1. The van der Waals surface area contributed by atoms with Gasteiger partial charge < -0.3 is 10.1 Å². The second kappa shape index (κ2) is 7.82. The largest absolute Gasteiger partial charge is 0.477 e. The fraction of sp³-hybridized carbons (Fsp3) is 0.500. The molecule has 0 saturated carbocycles. The van der Waals surface area contributed by atoms with Gasteiger partial charge in [-0.05, 0) is 18.9 Å². The van der Waals surface area contributed by atoms with Crippen LogP contribution in [0.4, 0.5) is 4.39 Å². The molecule has 100 valence electrons. The van der Waals surface area contributed by atoms with E-state index in [2.05, 4.69) is 16.9 Å². The molecular formula is C14H21FN2O. The molecule has 0 saturated heterocycles. The molecule has 1 aromatic rings. The van der Waals surface area contributed by atoms with Gasteiger partial charge in [-0.3, -0.25) is 0 Å². The summed E-state index contributed by atoms with van der Waals surface area (Å²) in [5.41, 5.74) is 0.752. The minimum absolute atomic E-state index is 0.335. The second-order valence-corrected chi connectivity index (χ2v) is 4.43. The minimum Gasteiger partial charge on any atom is -0.477 e. The Bertz CT molecular complexity index is 380. The molecule has 0 aliphatic heterocycles. The zero-order valence-electron chi connectivity index (χ0n) is 11.1. The predicted octanol–water partition coefficient (Wildman–Crippen LogP) is 3.06. The number of nitrogens with one attached hydrogen (secondary N) is 1. The fourth-order valence-corrected chi connectivity index (χ4v) is 1.44. The van der Waals surface area contributed by atoms with E-state index in [1.165, 1.54) is 12.3 Å². The number of hydrogen-bond acceptors (Lipinski definition) is 3. The zero-order valence-corrected chi connectivity index (χ0v) is 11.1. The Hall–Kier alpha value is -1.42. The Balaban J connectivity index is 2.60. The van der Waals surface area contributed by atoms with Crippen LogP contribution in [0.2, 0.25) is 0 Å². The van der Waals surface area contributed by atoms with Crippen LogP contribution in [-0.4, -0.2) is 17.6 Å². The van der Waals surface area contributed by atoms with Crippen LogP contribution >= 0.6 is 0 Å². The zero-order chi connectivity index (χ0) is 13.4. The summed E-state index contributed by atoms with van der Waals surface area (Å²) < 4.78 is 18.7. The number of aromatic nitrogens is 1. The van der Waals surface area contributed by atoms with Gasteiger partial charge in [0.25, 0.3) is 0 Å². The van der Waals surface area contributed by atoms with E-state index in [1.54, 1.807) is 0 Å². The Kier molecular flexibility index (Phi) is 6.36. The van der Waals surface area contributed by atoms with Gasteiger partial charge in [0.05, 0.1) is 12.8 Å². The summed E-state index contributed by atoms with van der Waals surface area (Å²) in [5, 5.41) is 3.23. The molecule has 3 nitrogen and oxygen atoms in total. The third-order valence-corrected chi connectivity index (χ3v) is 2.38. The van der Waals surface area contributed by atoms with Crippen molar-refractivity contribution in [1.82, 2.24) is 10.3 Å². The van der Waals surface area contributed by atoms with Gasteiger partial charge in [0, 0.05) is 18.2 Å². The molecule has 18 heavy (non-hydrogen) atoms. The smallest absolute Gasteiger partial charge is 0.218 e. The second-order valence-electron chi connectivity index (χ2n) is 4.43. The molecule has 1 N–H and O–H groups in total. The molecule has 1 aromatic heterocycles. The lowest BCUT2D eigenvalue weighted by atomic mass is 10.2. The van der Waals surface area contributed by atoms with Gasteiger partial charge in [0.15, 0.2) is 0 Å². The quantitative estimate of drug-likeness (QED) is 0.570. The van der Waals surface area contributed by atoms with Crippen LogP contribution in [0.1, 0.15) is 32.3 Å². The summed E-state index contributed by atoms with van der Waals surface area (Å²) >= 11 is 0. The normalized spacial score (nSPS) is 10.7. The summed E-state index contributed by atoms with van der Waals surface area (Å²) in [6.07, 6.45) is 4.82. The monoisotopic (exact) mass is 252 g/mol. The fourth-order valence-electron chi connectivity index (χ4n) is 1.44. The van der Waals surface area contributed by atoms with E-state index in [1.807, 2.05) is 19.9 Å². The van der Waals surface area contributed by atoms with Crippen LogP contribution in [-0.2, 0) is 6.54 Å². The summed E-state index contributed by atoms with van der Waals surface area (Å²) in [6.45, 7) is 8.85. The molecule has 0 aliphatic rings. The average Bonchev–Trinajstić information content (AvgIpc) is 2.34. The molecule has 0 bridgehead atoms. The Morgan fingerprint density at radius 3 is 3.00 bits per heavy atom. The van der Waals surface area contributed by atoms with Crippen molar-refractivity contribution < 1.29 is 9.13 Å². The third-order valence-electron chi connectivity index (χ3n) is 2.38. The maximum Gasteiger partial charge on any atom is 0.218 e. The van der Waals surface area contributed by atoms with Crippen LogP contribution in [0.3, 0.4) is 0 Å². The van der Waals surface area contributed by atoms with Gasteiger partial charge >= 0.3 is 0 Å². The van der Waals surface area contributed by atoms with E-state index in [9.17, 15) is 4.39 Å². The first-order valence-corrected chi connectivity index (χ1v) is 6.25. The van der Waals surface area contributed by atoms with E-state index in [0.29, 0.717) is 25.1 Å². The molecule has 1 rings (SSSR count). The number of pyridine rings is 1. The van der Waals surface area contributed by atoms with Gasteiger partial charge in [-0.25, -0.2) is 9.37 Å². The lowest BCUT2D eigenvalue weighted by molar-refractivity contribution is 0.294. The number of nitrogens with zero attached hydrogens (tertiary/aromatic N) is 1. The van der Waals surface area contributed by atoms with E-state index < -0.39 is 0 Å². The van der Waals surface area contributed by atoms with E-state index in [0.717, 1.165) is 18.4 Å². The van der Waals surface area contributed by atoms with Crippen molar-refractivity contribution in [2.45, 2.75) is 39.3 Å². The molecule has 4 heteroatoms. The first-order chi connectivity index (χ1) is 8.63. The standard InChI is InChI=1S/C14H21FN2O/c1-4-5-6-7-18-14-12(9-16-11(2)3)8-13(15)10-17-14/h4,8,10-11,16H,1,5-7,9H2,2-3H3. The van der Waals surface area contributed by atoms with Crippen molar-refractivity contribution >= 4 is 0 Å². The van der Waals surface area contributed by atoms with Crippen molar-refractivity contribution in [3.05, 3.63) is 36.3 Å². The van der Waals surface area contributed by atoms with Crippen LogP contribution in [0.25, 0.3) is 0 Å². The van der Waals surface area contributed by atoms with Crippen molar-refractivity contribution in [2.24, 2.45) is 0 Å². The van der Waals surface area contributed by atoms with Crippen LogP contribution in [0, 0.1) is 5.82 Å². The predicted molar refractivity (Wildman–Crippen MR) is 71.1 cm³/mol. The number of ether oxygens (including phenoxy) is 1. The van der Waals surface area contributed by atoms with Crippen molar-refractivity contribution in [2.75, 3.05) is 6.61 Å². The Morgan fingerprint density at radius 1 is 1.56 bits per heavy atom. The summed E-state index contributed by atoms with van der Waals surface area (Å²) in [5.74, 6) is 0.169. The van der Waals surface area contributed by atoms with Crippen molar-refractivity contribution in [3.8, 4) is 5.88 Å². The molecule has 0 atom stereocenters. The lowest BCUT2D eigenvalue weighted by Gasteiger charge is -2.12. The molecule has 0 amide bonds. The number of rotatable bonds is 8. The summed E-state index contributed by atoms with van der Waals surface area (Å²) in [4.78, 5) is 3.99. The van der Waals surface area contributed by atoms with Gasteiger partial charge in [-0.15, -0.1) is 6.58 Å². The topological polar surface area (TPSA) is 34.1 Å². The van der Waals surface area contributed by atoms with E-state index >= 15 is 0 Å². The number of hydrogen-bond donors (Lipinski definition) is 1. The summed E-state index contributed by atoms with van der Waals surface area (Å²) in [6, 6.07) is 1.80. The minimum atomic E-state index is -0.339. The number of allylic oxidation sites excluding steroid dienone is 1. The van der Waals surface area contributed by atoms with Crippen LogP contribution in [0.5, 0.6) is 5.88 Å². The highest BCUT2D eigenvalue weighted by Crippen LogP contribution is 2.16. The maximum atomic E-state index is 13.2. The Labute approximate surface area is 108 Å². The van der Waals surface area contributed by atoms with Crippen molar-refractivity contribution in [3.63, 3.8) is 0 Å². The lowest BCUT2D eigenvalue weighted by Crippen LogP contribution is -2.22. The molecule has 0 aromatic carbocycles. The Morgan fingerprint density at radius 2 is 2.33 bits per heavy atom. The molecule has 0 aliphatic carbocycles. The highest BCUT2D eigenvalue weighted by Gasteiger charge is 2.07. The first-order valence-electron chi connectivity index (χ1n) is 6.25.